The van der Waals surface area contributed by atoms with Crippen LogP contribution in [-0.4, -0.2) is 53.5 Å². The number of carbonyl (C=O) groups excluding carboxylic acids is 3. The summed E-state index contributed by atoms with van der Waals surface area (Å²) in [5.41, 5.74) is 1.52. The monoisotopic (exact) mass is 391 g/mol. The number of benzene rings is 1. The molecule has 2 rings (SSSR count). The summed E-state index contributed by atoms with van der Waals surface area (Å²) in [6, 6.07) is 6.29. The van der Waals surface area contributed by atoms with E-state index in [9.17, 15) is 14.4 Å². The Hall–Kier alpha value is -2.48. The van der Waals surface area contributed by atoms with Crippen LogP contribution in [0.1, 0.15) is 42.1 Å². The minimum absolute atomic E-state index is 0.115. The molecule has 1 aromatic rings. The van der Waals surface area contributed by atoms with Gasteiger partial charge in [-0.1, -0.05) is 31.0 Å². The lowest BCUT2D eigenvalue weighted by atomic mass is 10.1. The van der Waals surface area contributed by atoms with Crippen molar-refractivity contribution in [2.75, 3.05) is 19.7 Å². The van der Waals surface area contributed by atoms with E-state index in [-0.39, 0.29) is 23.3 Å². The number of ether oxygens (including phenoxy) is 1. The summed E-state index contributed by atoms with van der Waals surface area (Å²) in [4.78, 5) is 38.2. The molecule has 1 aromatic carbocycles. The molecule has 1 fully saturated rings. The number of carbonyl (C=O) groups is 3. The SMILES string of the molecule is CCCCOC(=O)CC1C(=O)NCCN1C(=S)NC(=O)c1ccc(C)cc1. The second kappa shape index (κ2) is 10.0. The fourth-order valence-electron chi connectivity index (χ4n) is 2.65. The van der Waals surface area contributed by atoms with Gasteiger partial charge in [0.25, 0.3) is 5.91 Å². The summed E-state index contributed by atoms with van der Waals surface area (Å²) in [6.45, 7) is 5.06. The first-order chi connectivity index (χ1) is 12.9. The van der Waals surface area contributed by atoms with Crippen LogP contribution in [0.2, 0.25) is 0 Å². The number of nitrogens with one attached hydrogen (secondary N) is 2. The van der Waals surface area contributed by atoms with E-state index in [4.69, 9.17) is 17.0 Å². The molecule has 1 unspecified atom stereocenters. The third-order valence-electron chi connectivity index (χ3n) is 4.25. The molecule has 1 aliphatic heterocycles. The van der Waals surface area contributed by atoms with E-state index in [2.05, 4.69) is 10.6 Å². The van der Waals surface area contributed by atoms with Crippen LogP contribution in [0, 0.1) is 6.92 Å². The first-order valence-corrected chi connectivity index (χ1v) is 9.45. The first-order valence-electron chi connectivity index (χ1n) is 9.04. The van der Waals surface area contributed by atoms with Gasteiger partial charge in [-0.05, 0) is 37.7 Å². The Bertz CT molecular complexity index is 705. The highest BCUT2D eigenvalue weighted by Gasteiger charge is 2.34. The van der Waals surface area contributed by atoms with Gasteiger partial charge in [-0.3, -0.25) is 19.7 Å². The van der Waals surface area contributed by atoms with Crippen LogP contribution < -0.4 is 10.6 Å². The van der Waals surface area contributed by atoms with Gasteiger partial charge >= 0.3 is 5.97 Å². The van der Waals surface area contributed by atoms with Crippen LogP contribution >= 0.6 is 12.2 Å². The number of esters is 1. The molecule has 2 amide bonds. The highest BCUT2D eigenvalue weighted by Crippen LogP contribution is 2.12. The zero-order valence-electron chi connectivity index (χ0n) is 15.6. The molecule has 1 aliphatic rings. The zero-order valence-corrected chi connectivity index (χ0v) is 16.4. The number of rotatable bonds is 6. The highest BCUT2D eigenvalue weighted by molar-refractivity contribution is 7.80. The van der Waals surface area contributed by atoms with Crippen LogP contribution in [0.15, 0.2) is 24.3 Å². The van der Waals surface area contributed by atoms with Crippen molar-refractivity contribution in [3.63, 3.8) is 0 Å². The maximum atomic E-state index is 12.4. The normalized spacial score (nSPS) is 16.4. The van der Waals surface area contributed by atoms with Crippen molar-refractivity contribution >= 4 is 35.1 Å². The first kappa shape index (κ1) is 20.8. The minimum Gasteiger partial charge on any atom is -0.466 e. The van der Waals surface area contributed by atoms with Crippen molar-refractivity contribution in [1.29, 1.82) is 0 Å². The smallest absolute Gasteiger partial charge is 0.308 e. The molecule has 7 nitrogen and oxygen atoms in total. The van der Waals surface area contributed by atoms with E-state index in [1.54, 1.807) is 17.0 Å². The van der Waals surface area contributed by atoms with Gasteiger partial charge in [-0.15, -0.1) is 0 Å². The van der Waals surface area contributed by atoms with E-state index in [1.165, 1.54) is 0 Å². The molecular weight excluding hydrogens is 366 g/mol. The summed E-state index contributed by atoms with van der Waals surface area (Å²) in [5, 5.41) is 5.49. The quantitative estimate of drug-likeness (QED) is 0.435. The average molecular weight is 391 g/mol. The van der Waals surface area contributed by atoms with Crippen LogP contribution in [0.25, 0.3) is 0 Å². The molecule has 0 spiro atoms. The largest absolute Gasteiger partial charge is 0.466 e. The predicted octanol–water partition coefficient (Wildman–Crippen LogP) is 1.54. The lowest BCUT2D eigenvalue weighted by molar-refractivity contribution is -0.147. The molecule has 1 atom stereocenters. The van der Waals surface area contributed by atoms with Gasteiger partial charge in [0.05, 0.1) is 13.0 Å². The van der Waals surface area contributed by atoms with E-state index in [1.807, 2.05) is 26.0 Å². The fraction of sp³-hybridized carbons (Fsp3) is 0.474. The molecule has 0 saturated carbocycles. The highest BCUT2D eigenvalue weighted by atomic mass is 32.1. The molecule has 8 heteroatoms. The molecule has 0 bridgehead atoms. The molecule has 1 saturated heterocycles. The van der Waals surface area contributed by atoms with E-state index in [0.717, 1.165) is 18.4 Å². The molecule has 2 N–H and O–H groups in total. The lowest BCUT2D eigenvalue weighted by Crippen LogP contribution is -2.60. The summed E-state index contributed by atoms with van der Waals surface area (Å²) in [7, 11) is 0. The van der Waals surface area contributed by atoms with Gasteiger partial charge in [0.15, 0.2) is 5.11 Å². The van der Waals surface area contributed by atoms with Gasteiger partial charge in [0, 0.05) is 18.7 Å². The second-order valence-electron chi connectivity index (χ2n) is 6.40. The topological polar surface area (TPSA) is 87.7 Å². The Morgan fingerprint density at radius 2 is 2.04 bits per heavy atom. The summed E-state index contributed by atoms with van der Waals surface area (Å²) < 4.78 is 5.15. The van der Waals surface area contributed by atoms with E-state index in [0.29, 0.717) is 25.3 Å². The number of hydrogen-bond donors (Lipinski definition) is 2. The van der Waals surface area contributed by atoms with Crippen LogP contribution in [0.3, 0.4) is 0 Å². The second-order valence-corrected chi connectivity index (χ2v) is 6.79. The number of unbranched alkanes of at least 4 members (excludes halogenated alkanes) is 1. The van der Waals surface area contributed by atoms with Crippen molar-refractivity contribution in [2.45, 2.75) is 39.2 Å². The number of hydrogen-bond acceptors (Lipinski definition) is 5. The van der Waals surface area contributed by atoms with E-state index >= 15 is 0 Å². The van der Waals surface area contributed by atoms with Gasteiger partial charge < -0.3 is 15.0 Å². The van der Waals surface area contributed by atoms with Crippen LogP contribution in [0.5, 0.6) is 0 Å². The van der Waals surface area contributed by atoms with Gasteiger partial charge in [0.1, 0.15) is 6.04 Å². The van der Waals surface area contributed by atoms with Gasteiger partial charge in [-0.25, -0.2) is 0 Å². The van der Waals surface area contributed by atoms with Crippen molar-refractivity contribution in [3.8, 4) is 0 Å². The third kappa shape index (κ3) is 6.02. The Morgan fingerprint density at radius 3 is 2.70 bits per heavy atom. The Labute approximate surface area is 164 Å². The molecule has 0 radical (unpaired) electrons. The Kier molecular flexibility index (Phi) is 7.72. The Morgan fingerprint density at radius 1 is 1.33 bits per heavy atom. The van der Waals surface area contributed by atoms with E-state index < -0.39 is 12.0 Å². The van der Waals surface area contributed by atoms with Crippen molar-refractivity contribution in [2.24, 2.45) is 0 Å². The maximum absolute atomic E-state index is 12.4. The standard InChI is InChI=1S/C19H25N3O4S/c1-3-4-11-26-16(23)12-15-18(25)20-9-10-22(15)19(27)21-17(24)14-7-5-13(2)6-8-14/h5-8,15H,3-4,9-12H2,1-2H3,(H,20,25)(H,21,24,27). The van der Waals surface area contributed by atoms with Crippen molar-refractivity contribution in [3.05, 3.63) is 35.4 Å². The number of amides is 2. The number of aryl methyl sites for hydroxylation is 1. The number of piperazine rings is 1. The number of nitrogens with zero attached hydrogens (tertiary/aromatic N) is 1. The summed E-state index contributed by atoms with van der Waals surface area (Å²) in [5.74, 6) is -1.11. The molecule has 0 aromatic heterocycles. The summed E-state index contributed by atoms with van der Waals surface area (Å²) in [6.07, 6.45) is 1.58. The molecular formula is C19H25N3O4S. The van der Waals surface area contributed by atoms with Crippen LogP contribution in [0.4, 0.5) is 0 Å². The fourth-order valence-corrected chi connectivity index (χ4v) is 2.97. The Balaban J connectivity index is 2.00. The van der Waals surface area contributed by atoms with Crippen molar-refractivity contribution in [1.82, 2.24) is 15.5 Å². The molecule has 0 aliphatic carbocycles. The molecule has 1 heterocycles. The summed E-state index contributed by atoms with van der Waals surface area (Å²) >= 11 is 5.33. The third-order valence-corrected chi connectivity index (χ3v) is 4.58. The number of thiocarbonyl (C=S) groups is 1. The van der Waals surface area contributed by atoms with Crippen molar-refractivity contribution < 1.29 is 19.1 Å². The average Bonchev–Trinajstić information content (AvgIpc) is 2.64. The van der Waals surface area contributed by atoms with Crippen LogP contribution in [-0.2, 0) is 14.3 Å². The predicted molar refractivity (Wildman–Crippen MR) is 105 cm³/mol. The molecule has 27 heavy (non-hydrogen) atoms. The maximum Gasteiger partial charge on any atom is 0.308 e. The van der Waals surface area contributed by atoms with Gasteiger partial charge in [0.2, 0.25) is 5.91 Å². The zero-order chi connectivity index (χ0) is 19.8. The molecule has 146 valence electrons. The lowest BCUT2D eigenvalue weighted by Gasteiger charge is -2.36. The van der Waals surface area contributed by atoms with Gasteiger partial charge in [-0.2, -0.15) is 0 Å². The minimum atomic E-state index is -0.793.